The highest BCUT2D eigenvalue weighted by Crippen LogP contribution is 2.21. The molecule has 0 aliphatic carbocycles. The van der Waals surface area contributed by atoms with Gasteiger partial charge in [-0.05, 0) is 52.7 Å². The summed E-state index contributed by atoms with van der Waals surface area (Å²) < 4.78 is 14.3. The Balaban J connectivity index is 2.25. The second-order valence-electron chi connectivity index (χ2n) is 4.55. The van der Waals surface area contributed by atoms with Gasteiger partial charge in [0.15, 0.2) is 0 Å². The molecular weight excluding hydrogens is 357 g/mol. The van der Waals surface area contributed by atoms with Crippen LogP contribution in [0.25, 0.3) is 0 Å². The van der Waals surface area contributed by atoms with Crippen molar-refractivity contribution >= 4 is 33.4 Å². The van der Waals surface area contributed by atoms with Crippen molar-refractivity contribution in [3.8, 4) is 0 Å². The summed E-state index contributed by atoms with van der Waals surface area (Å²) in [4.78, 5) is 14.1. The number of carbonyl (C=O) groups excluding carboxylic acids is 1. The summed E-state index contributed by atoms with van der Waals surface area (Å²) in [5, 5.41) is 0.615. The average Bonchev–Trinajstić information content (AvgIpc) is 2.47. The minimum atomic E-state index is -0.535. The summed E-state index contributed by atoms with van der Waals surface area (Å²) in [6.45, 7) is 2.73. The van der Waals surface area contributed by atoms with E-state index in [-0.39, 0.29) is 15.9 Å². The second-order valence-corrected chi connectivity index (χ2v) is 5.84. The van der Waals surface area contributed by atoms with Crippen molar-refractivity contribution in [2.24, 2.45) is 0 Å². The van der Waals surface area contributed by atoms with Gasteiger partial charge in [-0.2, -0.15) is 0 Å². The molecule has 0 fully saturated rings. The Hall–Kier alpha value is -1.39. The molecule has 0 aliphatic heterocycles. The lowest BCUT2D eigenvalue weighted by atomic mass is 10.1. The number of hydrogen-bond acceptors (Lipinski definition) is 1. The maximum atomic E-state index is 14.0. The first-order chi connectivity index (χ1) is 10.0. The fourth-order valence-corrected chi connectivity index (χ4v) is 2.60. The van der Waals surface area contributed by atoms with Gasteiger partial charge in [-0.25, -0.2) is 4.39 Å². The van der Waals surface area contributed by atoms with Gasteiger partial charge in [-0.3, -0.25) is 4.79 Å². The summed E-state index contributed by atoms with van der Waals surface area (Å²) in [6, 6.07) is 12.0. The highest BCUT2D eigenvalue weighted by molar-refractivity contribution is 9.10. The van der Waals surface area contributed by atoms with E-state index in [9.17, 15) is 9.18 Å². The molecule has 0 saturated heterocycles. The summed E-state index contributed by atoms with van der Waals surface area (Å²) in [5.41, 5.74) is 0.973. The van der Waals surface area contributed by atoms with E-state index in [1.54, 1.807) is 29.2 Å². The molecule has 110 valence electrons. The third-order valence-corrected chi connectivity index (χ3v) is 3.96. The highest BCUT2D eigenvalue weighted by Gasteiger charge is 2.19. The third-order valence-electron chi connectivity index (χ3n) is 3.11. The maximum absolute atomic E-state index is 14.0. The summed E-state index contributed by atoms with van der Waals surface area (Å²) in [5.74, 6) is -0.872. The van der Waals surface area contributed by atoms with Crippen molar-refractivity contribution in [2.75, 3.05) is 6.54 Å². The van der Waals surface area contributed by atoms with Crippen LogP contribution < -0.4 is 0 Å². The minimum absolute atomic E-state index is 0.0632. The molecule has 0 spiro atoms. The van der Waals surface area contributed by atoms with Crippen molar-refractivity contribution in [1.29, 1.82) is 0 Å². The Labute approximate surface area is 136 Å². The zero-order chi connectivity index (χ0) is 15.4. The van der Waals surface area contributed by atoms with Crippen molar-refractivity contribution in [3.63, 3.8) is 0 Å². The topological polar surface area (TPSA) is 20.3 Å². The molecular formula is C16H14BrClFNO. The Morgan fingerprint density at radius 1 is 1.29 bits per heavy atom. The van der Waals surface area contributed by atoms with E-state index in [0.717, 1.165) is 5.56 Å². The molecule has 0 unspecified atom stereocenters. The number of carbonyl (C=O) groups is 1. The van der Waals surface area contributed by atoms with Gasteiger partial charge in [-0.1, -0.05) is 29.8 Å². The van der Waals surface area contributed by atoms with Crippen LogP contribution in [0.3, 0.4) is 0 Å². The van der Waals surface area contributed by atoms with Gasteiger partial charge in [0.2, 0.25) is 0 Å². The van der Waals surface area contributed by atoms with Crippen LogP contribution in [0.2, 0.25) is 5.02 Å². The molecule has 1 amide bonds. The fourth-order valence-electron chi connectivity index (χ4n) is 2.02. The van der Waals surface area contributed by atoms with Crippen LogP contribution in [0.1, 0.15) is 22.8 Å². The first-order valence-electron chi connectivity index (χ1n) is 6.50. The van der Waals surface area contributed by atoms with Gasteiger partial charge in [0.25, 0.3) is 5.91 Å². The predicted octanol–water partition coefficient (Wildman–Crippen LogP) is 4.90. The van der Waals surface area contributed by atoms with Gasteiger partial charge in [0.05, 0.1) is 10.0 Å². The SMILES string of the molecule is CCN(Cc1cccc(Cl)c1)C(=O)c1cccc(Br)c1F. The van der Waals surface area contributed by atoms with E-state index >= 15 is 0 Å². The Bertz CT molecular complexity index is 662. The standard InChI is InChI=1S/C16H14BrClFNO/c1-2-20(10-11-5-3-6-12(18)9-11)16(21)13-7-4-8-14(17)15(13)19/h3-9H,2,10H2,1H3. The summed E-state index contributed by atoms with van der Waals surface area (Å²) >= 11 is 9.04. The minimum Gasteiger partial charge on any atom is -0.335 e. The number of nitrogens with zero attached hydrogens (tertiary/aromatic N) is 1. The molecule has 0 atom stereocenters. The van der Waals surface area contributed by atoms with Crippen molar-refractivity contribution in [1.82, 2.24) is 4.90 Å². The van der Waals surface area contributed by atoms with Gasteiger partial charge < -0.3 is 4.90 Å². The molecule has 2 aromatic carbocycles. The number of halogens is 3. The van der Waals surface area contributed by atoms with Crippen molar-refractivity contribution < 1.29 is 9.18 Å². The van der Waals surface area contributed by atoms with E-state index < -0.39 is 5.82 Å². The molecule has 0 N–H and O–H groups in total. The molecule has 0 bridgehead atoms. The Morgan fingerprint density at radius 2 is 2.00 bits per heavy atom. The number of benzene rings is 2. The first-order valence-corrected chi connectivity index (χ1v) is 7.67. The summed E-state index contributed by atoms with van der Waals surface area (Å²) in [6.07, 6.45) is 0. The molecule has 0 aliphatic rings. The molecule has 2 aromatic rings. The first kappa shape index (κ1) is 16.0. The van der Waals surface area contributed by atoms with E-state index in [4.69, 9.17) is 11.6 Å². The number of rotatable bonds is 4. The quantitative estimate of drug-likeness (QED) is 0.749. The zero-order valence-corrected chi connectivity index (χ0v) is 13.8. The lowest BCUT2D eigenvalue weighted by Crippen LogP contribution is -2.31. The zero-order valence-electron chi connectivity index (χ0n) is 11.4. The Kier molecular flexibility index (Phi) is 5.37. The van der Waals surface area contributed by atoms with E-state index in [2.05, 4.69) is 15.9 Å². The van der Waals surface area contributed by atoms with Crippen molar-refractivity contribution in [3.05, 3.63) is 68.9 Å². The maximum Gasteiger partial charge on any atom is 0.257 e. The third kappa shape index (κ3) is 3.83. The molecule has 2 rings (SSSR count). The van der Waals surface area contributed by atoms with Gasteiger partial charge >= 0.3 is 0 Å². The monoisotopic (exact) mass is 369 g/mol. The van der Waals surface area contributed by atoms with Crippen LogP contribution in [0, 0.1) is 5.82 Å². The lowest BCUT2D eigenvalue weighted by molar-refractivity contribution is 0.0747. The second kappa shape index (κ2) is 7.05. The van der Waals surface area contributed by atoms with Gasteiger partial charge in [0.1, 0.15) is 5.82 Å². The lowest BCUT2D eigenvalue weighted by Gasteiger charge is -2.21. The molecule has 0 radical (unpaired) electrons. The van der Waals surface area contributed by atoms with Crippen LogP contribution in [0.5, 0.6) is 0 Å². The van der Waals surface area contributed by atoms with Crippen LogP contribution in [-0.4, -0.2) is 17.4 Å². The molecule has 0 aromatic heterocycles. The van der Waals surface area contributed by atoms with E-state index in [0.29, 0.717) is 18.1 Å². The van der Waals surface area contributed by atoms with Gasteiger partial charge in [0, 0.05) is 18.1 Å². The smallest absolute Gasteiger partial charge is 0.257 e. The molecule has 21 heavy (non-hydrogen) atoms. The van der Waals surface area contributed by atoms with Gasteiger partial charge in [-0.15, -0.1) is 0 Å². The van der Waals surface area contributed by atoms with E-state index in [1.807, 2.05) is 19.1 Å². The van der Waals surface area contributed by atoms with Crippen LogP contribution in [-0.2, 0) is 6.54 Å². The average molecular weight is 371 g/mol. The fraction of sp³-hybridized carbons (Fsp3) is 0.188. The summed E-state index contributed by atoms with van der Waals surface area (Å²) in [7, 11) is 0. The Morgan fingerprint density at radius 3 is 2.67 bits per heavy atom. The van der Waals surface area contributed by atoms with Crippen LogP contribution in [0.4, 0.5) is 4.39 Å². The van der Waals surface area contributed by atoms with E-state index in [1.165, 1.54) is 6.07 Å². The highest BCUT2D eigenvalue weighted by atomic mass is 79.9. The molecule has 0 heterocycles. The number of hydrogen-bond donors (Lipinski definition) is 0. The number of amides is 1. The van der Waals surface area contributed by atoms with Crippen molar-refractivity contribution in [2.45, 2.75) is 13.5 Å². The molecule has 2 nitrogen and oxygen atoms in total. The molecule has 5 heteroatoms. The largest absolute Gasteiger partial charge is 0.335 e. The normalized spacial score (nSPS) is 10.5. The predicted molar refractivity (Wildman–Crippen MR) is 86.0 cm³/mol. The van der Waals surface area contributed by atoms with Crippen LogP contribution in [0.15, 0.2) is 46.9 Å². The molecule has 0 saturated carbocycles. The van der Waals surface area contributed by atoms with Crippen LogP contribution >= 0.6 is 27.5 Å².